The third kappa shape index (κ3) is 5.64. The Morgan fingerprint density at radius 2 is 1.70 bits per heavy atom. The van der Waals surface area contributed by atoms with Crippen molar-refractivity contribution in [3.05, 3.63) is 89.6 Å². The summed E-state index contributed by atoms with van der Waals surface area (Å²) < 4.78 is 0. The molecule has 0 unspecified atom stereocenters. The van der Waals surface area contributed by atoms with Gasteiger partial charge in [-0.3, -0.25) is 4.79 Å². The quantitative estimate of drug-likeness (QED) is 0.444. The first-order valence-electron chi connectivity index (χ1n) is 7.38. The second-order valence-corrected chi connectivity index (χ2v) is 5.04. The molecule has 3 nitrogen and oxygen atoms in total. The molecule has 0 atom stereocenters. The van der Waals surface area contributed by atoms with Gasteiger partial charge in [0.15, 0.2) is 6.29 Å². The number of nitrogens with zero attached hydrogens (tertiary/aromatic N) is 2. The molecule has 2 rings (SSSR count). The lowest BCUT2D eigenvalue weighted by Crippen LogP contribution is -2.17. The number of allylic oxidation sites excluding steroid dienone is 1. The van der Waals surface area contributed by atoms with E-state index < -0.39 is 0 Å². The van der Waals surface area contributed by atoms with Crippen molar-refractivity contribution in [2.75, 3.05) is 6.54 Å². The highest BCUT2D eigenvalue weighted by Gasteiger charge is 2.02. The summed E-state index contributed by atoms with van der Waals surface area (Å²) in [6.07, 6.45) is 6.24. The molecule has 0 aliphatic rings. The molecule has 0 N–H and O–H groups in total. The Morgan fingerprint density at radius 3 is 2.30 bits per heavy atom. The molecule has 0 bridgehead atoms. The minimum Gasteiger partial charge on any atom is -0.368 e. The molecule has 0 aliphatic heterocycles. The minimum atomic E-state index is 0.119. The van der Waals surface area contributed by atoms with Gasteiger partial charge in [0.2, 0.25) is 0 Å². The van der Waals surface area contributed by atoms with Crippen LogP contribution in [0.25, 0.3) is 6.08 Å². The van der Waals surface area contributed by atoms with Crippen molar-refractivity contribution >= 4 is 12.4 Å². The number of nitriles is 1. The van der Waals surface area contributed by atoms with E-state index in [-0.39, 0.29) is 5.57 Å². The predicted octanol–water partition coefficient (Wildman–Crippen LogP) is 3.81. The van der Waals surface area contributed by atoms with E-state index in [9.17, 15) is 4.79 Å². The lowest BCUT2D eigenvalue weighted by Gasteiger charge is -2.18. The van der Waals surface area contributed by atoms with Crippen LogP contribution in [0.15, 0.2) is 78.5 Å². The highest BCUT2D eigenvalue weighted by Crippen LogP contribution is 2.08. The van der Waals surface area contributed by atoms with E-state index in [4.69, 9.17) is 5.26 Å². The number of carbonyl (C=O) groups excluding carboxylic acids is 1. The summed E-state index contributed by atoms with van der Waals surface area (Å²) in [5, 5.41) is 8.95. The molecule has 3 heteroatoms. The van der Waals surface area contributed by atoms with Gasteiger partial charge in [0, 0.05) is 19.3 Å². The zero-order valence-corrected chi connectivity index (χ0v) is 12.8. The van der Waals surface area contributed by atoms with Crippen LogP contribution >= 0.6 is 0 Å². The van der Waals surface area contributed by atoms with Crippen molar-refractivity contribution in [1.82, 2.24) is 4.90 Å². The highest BCUT2D eigenvalue weighted by atomic mass is 16.1. The van der Waals surface area contributed by atoms with Crippen molar-refractivity contribution < 1.29 is 4.79 Å². The average molecular weight is 302 g/mol. The number of carbonyl (C=O) groups is 1. The van der Waals surface area contributed by atoms with E-state index in [1.807, 2.05) is 83.8 Å². The molecule has 0 amide bonds. The maximum Gasteiger partial charge on any atom is 0.162 e. The molecule has 0 saturated heterocycles. The molecule has 0 heterocycles. The minimum absolute atomic E-state index is 0.119. The summed E-state index contributed by atoms with van der Waals surface area (Å²) in [6.45, 7) is 1.25. The zero-order valence-electron chi connectivity index (χ0n) is 12.8. The van der Waals surface area contributed by atoms with Crippen LogP contribution in [0.5, 0.6) is 0 Å². The van der Waals surface area contributed by atoms with Gasteiger partial charge in [-0.15, -0.1) is 0 Å². The topological polar surface area (TPSA) is 44.1 Å². The van der Waals surface area contributed by atoms with Gasteiger partial charge >= 0.3 is 0 Å². The Kier molecular flexibility index (Phi) is 6.37. The van der Waals surface area contributed by atoms with Crippen LogP contribution in [0, 0.1) is 11.3 Å². The van der Waals surface area contributed by atoms with Crippen LogP contribution in [0.2, 0.25) is 0 Å². The van der Waals surface area contributed by atoms with E-state index in [0.717, 1.165) is 11.1 Å². The molecule has 0 saturated carbocycles. The Morgan fingerprint density at radius 1 is 1.04 bits per heavy atom. The predicted molar refractivity (Wildman–Crippen MR) is 92.1 cm³/mol. The number of hydrogen-bond acceptors (Lipinski definition) is 3. The maximum absolute atomic E-state index is 10.9. The molecule has 0 fully saturated rings. The molecule has 0 aliphatic carbocycles. The van der Waals surface area contributed by atoms with Crippen molar-refractivity contribution in [2.45, 2.75) is 6.54 Å². The van der Waals surface area contributed by atoms with E-state index in [1.54, 1.807) is 6.20 Å². The van der Waals surface area contributed by atoms with Gasteiger partial charge < -0.3 is 4.90 Å². The molecular formula is C20H18N2O. The third-order valence-corrected chi connectivity index (χ3v) is 3.26. The van der Waals surface area contributed by atoms with Crippen LogP contribution in [0.3, 0.4) is 0 Å². The second-order valence-electron chi connectivity index (χ2n) is 5.04. The smallest absolute Gasteiger partial charge is 0.162 e. The second kappa shape index (κ2) is 9.01. The standard InChI is InChI=1S/C20H18N2O/c21-14-20(17-23)16-22(15-19-10-5-2-6-11-19)13-7-12-18-8-3-1-4-9-18/h1-12,16-17H,13,15H2/b12-7+,20-16+. The van der Waals surface area contributed by atoms with Gasteiger partial charge in [0.05, 0.1) is 0 Å². The first-order chi connectivity index (χ1) is 11.3. The fourth-order valence-corrected chi connectivity index (χ4v) is 2.15. The Hall–Kier alpha value is -3.12. The Bertz CT molecular complexity index is 712. The summed E-state index contributed by atoms with van der Waals surface area (Å²) in [6, 6.07) is 21.9. The number of rotatable bonds is 7. The molecule has 23 heavy (non-hydrogen) atoms. The fraction of sp³-hybridized carbons (Fsp3) is 0.100. The van der Waals surface area contributed by atoms with E-state index in [1.165, 1.54) is 0 Å². The Labute approximate surface area is 136 Å². The number of hydrogen-bond donors (Lipinski definition) is 0. The summed E-state index contributed by atoms with van der Waals surface area (Å²) in [4.78, 5) is 12.8. The summed E-state index contributed by atoms with van der Waals surface area (Å²) >= 11 is 0. The number of benzene rings is 2. The molecule has 2 aromatic carbocycles. The lowest BCUT2D eigenvalue weighted by molar-refractivity contribution is -0.104. The monoisotopic (exact) mass is 302 g/mol. The maximum atomic E-state index is 10.9. The van der Waals surface area contributed by atoms with E-state index in [0.29, 0.717) is 19.4 Å². The summed E-state index contributed by atoms with van der Waals surface area (Å²) in [5.41, 5.74) is 2.36. The molecular weight excluding hydrogens is 284 g/mol. The van der Waals surface area contributed by atoms with Crippen molar-refractivity contribution in [3.63, 3.8) is 0 Å². The first kappa shape index (κ1) is 16.3. The molecule has 0 spiro atoms. The third-order valence-electron chi connectivity index (χ3n) is 3.26. The Balaban J connectivity index is 2.10. The zero-order chi connectivity index (χ0) is 16.3. The van der Waals surface area contributed by atoms with E-state index >= 15 is 0 Å². The highest BCUT2D eigenvalue weighted by molar-refractivity contribution is 5.78. The van der Waals surface area contributed by atoms with Gasteiger partial charge in [-0.1, -0.05) is 72.8 Å². The molecule has 114 valence electrons. The SMILES string of the molecule is N#C/C(C=O)=C\N(C/C=C/c1ccccc1)Cc1ccccc1. The number of aldehydes is 1. The van der Waals surface area contributed by atoms with Gasteiger partial charge in [0.1, 0.15) is 11.6 Å². The van der Waals surface area contributed by atoms with Crippen LogP contribution in [-0.4, -0.2) is 17.7 Å². The van der Waals surface area contributed by atoms with Crippen LogP contribution in [-0.2, 0) is 11.3 Å². The normalized spacial score (nSPS) is 11.2. The van der Waals surface area contributed by atoms with Crippen LogP contribution < -0.4 is 0 Å². The van der Waals surface area contributed by atoms with Crippen LogP contribution in [0.4, 0.5) is 0 Å². The molecule has 0 radical (unpaired) electrons. The van der Waals surface area contributed by atoms with Gasteiger partial charge in [0.25, 0.3) is 0 Å². The van der Waals surface area contributed by atoms with Crippen molar-refractivity contribution in [1.29, 1.82) is 5.26 Å². The van der Waals surface area contributed by atoms with Gasteiger partial charge in [-0.05, 0) is 11.1 Å². The molecule has 2 aromatic rings. The van der Waals surface area contributed by atoms with Gasteiger partial charge in [-0.2, -0.15) is 5.26 Å². The van der Waals surface area contributed by atoms with Gasteiger partial charge in [-0.25, -0.2) is 0 Å². The summed E-state index contributed by atoms with van der Waals surface area (Å²) in [5.74, 6) is 0. The largest absolute Gasteiger partial charge is 0.368 e. The first-order valence-corrected chi connectivity index (χ1v) is 7.38. The van der Waals surface area contributed by atoms with Crippen molar-refractivity contribution in [3.8, 4) is 6.07 Å². The van der Waals surface area contributed by atoms with E-state index in [2.05, 4.69) is 0 Å². The summed E-state index contributed by atoms with van der Waals surface area (Å²) in [7, 11) is 0. The lowest BCUT2D eigenvalue weighted by atomic mass is 10.2. The van der Waals surface area contributed by atoms with Crippen LogP contribution in [0.1, 0.15) is 11.1 Å². The van der Waals surface area contributed by atoms with Crippen molar-refractivity contribution in [2.24, 2.45) is 0 Å². The average Bonchev–Trinajstić information content (AvgIpc) is 2.61. The molecule has 0 aromatic heterocycles. The fourth-order valence-electron chi connectivity index (χ4n) is 2.15.